The number of carboxylic acids is 1. The first kappa shape index (κ1) is 9.58. The molecule has 4 nitrogen and oxygen atoms in total. The molecule has 1 N–H and O–H groups in total. The van der Waals surface area contributed by atoms with Crippen LogP contribution in [0.1, 0.15) is 22.3 Å². The van der Waals surface area contributed by atoms with Crippen LogP contribution in [-0.2, 0) is 11.2 Å². The van der Waals surface area contributed by atoms with E-state index in [1.807, 2.05) is 0 Å². The van der Waals surface area contributed by atoms with E-state index in [0.717, 1.165) is 11.6 Å². The fraction of sp³-hybridized carbons (Fsp3) is 0.182. The van der Waals surface area contributed by atoms with Crippen LogP contribution in [0.3, 0.4) is 0 Å². The molecule has 1 heterocycles. The molecule has 15 heavy (non-hydrogen) atoms. The number of nitrogens with zero attached hydrogens (tertiary/aromatic N) is 1. The minimum absolute atomic E-state index is 0.193. The lowest BCUT2D eigenvalue weighted by Gasteiger charge is -2.15. The molecule has 0 aromatic carbocycles. The van der Waals surface area contributed by atoms with Crippen LogP contribution in [-0.4, -0.2) is 21.8 Å². The topological polar surface area (TPSA) is 67.3 Å². The van der Waals surface area contributed by atoms with E-state index in [1.165, 1.54) is 0 Å². The van der Waals surface area contributed by atoms with Crippen molar-refractivity contribution in [3.63, 3.8) is 0 Å². The highest BCUT2D eigenvalue weighted by Gasteiger charge is 2.22. The molecule has 2 rings (SSSR count). The molecule has 0 radical (unpaired) electrons. The van der Waals surface area contributed by atoms with E-state index in [2.05, 4.69) is 4.98 Å². The summed E-state index contributed by atoms with van der Waals surface area (Å²) in [5, 5.41) is 8.59. The Morgan fingerprint density at radius 2 is 2.27 bits per heavy atom. The van der Waals surface area contributed by atoms with Gasteiger partial charge in [-0.05, 0) is 24.5 Å². The Morgan fingerprint density at radius 3 is 3.00 bits per heavy atom. The lowest BCUT2D eigenvalue weighted by atomic mass is 9.88. The van der Waals surface area contributed by atoms with Gasteiger partial charge >= 0.3 is 5.97 Å². The maximum Gasteiger partial charge on any atom is 0.328 e. The van der Waals surface area contributed by atoms with Crippen molar-refractivity contribution in [3.05, 3.63) is 41.2 Å². The number of fused-ring (bicyclic) bond motifs is 1. The van der Waals surface area contributed by atoms with Crippen LogP contribution < -0.4 is 0 Å². The van der Waals surface area contributed by atoms with Crippen LogP contribution in [0.15, 0.2) is 30.1 Å². The van der Waals surface area contributed by atoms with Crippen molar-refractivity contribution in [2.45, 2.75) is 12.8 Å². The SMILES string of the molecule is O=C(O)/C=C1/CCc2cnccc2C1=O. The van der Waals surface area contributed by atoms with Gasteiger partial charge in [0.15, 0.2) is 5.78 Å². The smallest absolute Gasteiger partial charge is 0.328 e. The zero-order valence-corrected chi connectivity index (χ0v) is 7.93. The maximum absolute atomic E-state index is 11.8. The summed E-state index contributed by atoms with van der Waals surface area (Å²) in [5.74, 6) is -1.27. The number of carboxylic acid groups (broad SMARTS) is 1. The van der Waals surface area contributed by atoms with Crippen molar-refractivity contribution in [2.24, 2.45) is 0 Å². The Bertz CT molecular complexity index is 463. The largest absolute Gasteiger partial charge is 0.478 e. The average Bonchev–Trinajstić information content (AvgIpc) is 2.22. The molecule has 4 heteroatoms. The lowest BCUT2D eigenvalue weighted by Crippen LogP contribution is -2.15. The Kier molecular flexibility index (Phi) is 2.33. The Balaban J connectivity index is 2.42. The van der Waals surface area contributed by atoms with Crippen molar-refractivity contribution in [2.75, 3.05) is 0 Å². The number of pyridine rings is 1. The number of aromatic nitrogens is 1. The van der Waals surface area contributed by atoms with E-state index in [9.17, 15) is 9.59 Å². The van der Waals surface area contributed by atoms with Crippen LogP contribution in [0.2, 0.25) is 0 Å². The van der Waals surface area contributed by atoms with E-state index >= 15 is 0 Å². The second-order valence-corrected chi connectivity index (χ2v) is 3.37. The van der Waals surface area contributed by atoms with Gasteiger partial charge in [0.2, 0.25) is 0 Å². The number of carbonyl (C=O) groups excluding carboxylic acids is 1. The molecule has 0 saturated carbocycles. The molecule has 0 atom stereocenters. The summed E-state index contributed by atoms with van der Waals surface area (Å²) in [6, 6.07) is 1.63. The summed E-state index contributed by atoms with van der Waals surface area (Å²) in [5.41, 5.74) is 1.83. The molecular formula is C11H9NO3. The Labute approximate surface area is 86.3 Å². The molecule has 0 unspecified atom stereocenters. The molecule has 1 aromatic heterocycles. The number of allylic oxidation sites excluding steroid dienone is 1. The minimum Gasteiger partial charge on any atom is -0.478 e. The Morgan fingerprint density at radius 1 is 1.47 bits per heavy atom. The van der Waals surface area contributed by atoms with Gasteiger partial charge in [0.1, 0.15) is 0 Å². The highest BCUT2D eigenvalue weighted by Crippen LogP contribution is 2.23. The molecule has 76 valence electrons. The van der Waals surface area contributed by atoms with E-state index < -0.39 is 5.97 Å². The molecule has 0 fully saturated rings. The highest BCUT2D eigenvalue weighted by molar-refractivity contribution is 6.12. The molecule has 1 aliphatic carbocycles. The van der Waals surface area contributed by atoms with E-state index in [0.29, 0.717) is 24.0 Å². The van der Waals surface area contributed by atoms with Gasteiger partial charge in [-0.1, -0.05) is 0 Å². The number of Topliss-reactive ketones (excluding diaryl/α,β-unsaturated/α-hetero) is 1. The average molecular weight is 203 g/mol. The van der Waals surface area contributed by atoms with Crippen molar-refractivity contribution in [1.29, 1.82) is 0 Å². The van der Waals surface area contributed by atoms with Crippen LogP contribution in [0, 0.1) is 0 Å². The van der Waals surface area contributed by atoms with Crippen molar-refractivity contribution in [3.8, 4) is 0 Å². The molecule has 0 amide bonds. The monoisotopic (exact) mass is 203 g/mol. The summed E-state index contributed by atoms with van der Waals surface area (Å²) in [7, 11) is 0. The molecular weight excluding hydrogens is 194 g/mol. The van der Waals surface area contributed by atoms with E-state index in [-0.39, 0.29) is 5.78 Å². The van der Waals surface area contributed by atoms with E-state index in [1.54, 1.807) is 18.5 Å². The standard InChI is InChI=1S/C11H9NO3/c13-10(14)5-7-1-2-8-6-12-4-3-9(8)11(7)15/h3-6H,1-2H2,(H,13,14)/b7-5-. The lowest BCUT2D eigenvalue weighted by molar-refractivity contribution is -0.131. The second kappa shape index (κ2) is 3.65. The van der Waals surface area contributed by atoms with Gasteiger partial charge in [-0.2, -0.15) is 0 Å². The molecule has 0 aliphatic heterocycles. The van der Waals surface area contributed by atoms with Crippen molar-refractivity contribution in [1.82, 2.24) is 4.98 Å². The zero-order valence-electron chi connectivity index (χ0n) is 7.93. The van der Waals surface area contributed by atoms with Crippen LogP contribution in [0.25, 0.3) is 0 Å². The maximum atomic E-state index is 11.8. The summed E-state index contributed by atoms with van der Waals surface area (Å²) < 4.78 is 0. The minimum atomic E-state index is -1.07. The summed E-state index contributed by atoms with van der Waals surface area (Å²) in [6.07, 6.45) is 5.34. The fourth-order valence-electron chi connectivity index (χ4n) is 1.69. The summed E-state index contributed by atoms with van der Waals surface area (Å²) in [4.78, 5) is 26.2. The van der Waals surface area contributed by atoms with Crippen LogP contribution in [0.5, 0.6) is 0 Å². The van der Waals surface area contributed by atoms with Gasteiger partial charge in [-0.3, -0.25) is 9.78 Å². The second-order valence-electron chi connectivity index (χ2n) is 3.37. The third-order valence-electron chi connectivity index (χ3n) is 2.40. The highest BCUT2D eigenvalue weighted by atomic mass is 16.4. The van der Waals surface area contributed by atoms with Crippen molar-refractivity contribution >= 4 is 11.8 Å². The number of hydrogen-bond donors (Lipinski definition) is 1. The van der Waals surface area contributed by atoms with Gasteiger partial charge < -0.3 is 5.11 Å². The molecule has 1 aromatic rings. The Hall–Kier alpha value is -1.97. The molecule has 0 spiro atoms. The number of hydrogen-bond acceptors (Lipinski definition) is 3. The van der Waals surface area contributed by atoms with E-state index in [4.69, 9.17) is 5.11 Å². The van der Waals surface area contributed by atoms with Crippen molar-refractivity contribution < 1.29 is 14.7 Å². The number of aryl methyl sites for hydroxylation is 1. The number of ketones is 1. The molecule has 0 saturated heterocycles. The quantitative estimate of drug-likeness (QED) is 0.697. The summed E-state index contributed by atoms with van der Waals surface area (Å²) in [6.45, 7) is 0. The zero-order chi connectivity index (χ0) is 10.8. The molecule has 0 bridgehead atoms. The van der Waals surface area contributed by atoms with Gasteiger partial charge in [-0.25, -0.2) is 4.79 Å². The number of carbonyl (C=O) groups is 2. The van der Waals surface area contributed by atoms with Gasteiger partial charge in [0.25, 0.3) is 0 Å². The fourth-order valence-corrected chi connectivity index (χ4v) is 1.69. The first-order valence-corrected chi connectivity index (χ1v) is 4.59. The number of rotatable bonds is 1. The van der Waals surface area contributed by atoms with Crippen LogP contribution in [0.4, 0.5) is 0 Å². The predicted octanol–water partition coefficient (Wildman–Crippen LogP) is 1.22. The third kappa shape index (κ3) is 1.79. The first-order valence-electron chi connectivity index (χ1n) is 4.59. The normalized spacial score (nSPS) is 17.6. The first-order chi connectivity index (χ1) is 7.18. The van der Waals surface area contributed by atoms with Crippen LogP contribution >= 0.6 is 0 Å². The molecule has 1 aliphatic rings. The summed E-state index contributed by atoms with van der Waals surface area (Å²) >= 11 is 0. The van der Waals surface area contributed by atoms with Gasteiger partial charge in [0.05, 0.1) is 0 Å². The third-order valence-corrected chi connectivity index (χ3v) is 2.40. The predicted molar refractivity (Wildman–Crippen MR) is 52.6 cm³/mol. The van der Waals surface area contributed by atoms with Gasteiger partial charge in [-0.15, -0.1) is 0 Å². The van der Waals surface area contributed by atoms with Gasteiger partial charge in [0, 0.05) is 29.6 Å². The number of aliphatic carboxylic acids is 1.